The van der Waals surface area contributed by atoms with Gasteiger partial charge in [-0.05, 0) is 45.4 Å². The van der Waals surface area contributed by atoms with Gasteiger partial charge >= 0.3 is 24.4 Å². The van der Waals surface area contributed by atoms with Gasteiger partial charge in [-0.15, -0.1) is 0 Å². The molecule has 1 aromatic heterocycles. The van der Waals surface area contributed by atoms with Crippen LogP contribution in [0.5, 0.6) is 0 Å². The third kappa shape index (κ3) is 5.48. The monoisotopic (exact) mass is 492 g/mol. The molecule has 34 heavy (non-hydrogen) atoms. The Balaban J connectivity index is 1.86. The molecule has 1 saturated heterocycles. The summed E-state index contributed by atoms with van der Waals surface area (Å²) in [7, 11) is 0. The summed E-state index contributed by atoms with van der Waals surface area (Å²) in [6.45, 7) is 5.08. The van der Waals surface area contributed by atoms with Crippen LogP contribution in [0.15, 0.2) is 24.3 Å². The molecule has 0 aliphatic carbocycles. The molecule has 1 atom stereocenters. The van der Waals surface area contributed by atoms with Crippen LogP contribution in [0.25, 0.3) is 0 Å². The van der Waals surface area contributed by atoms with Gasteiger partial charge in [-0.1, -0.05) is 12.1 Å². The van der Waals surface area contributed by atoms with Gasteiger partial charge in [0, 0.05) is 11.4 Å². The number of alkyl halides is 6. The summed E-state index contributed by atoms with van der Waals surface area (Å²) in [6, 6.07) is 3.94. The minimum atomic E-state index is -4.93. The molecule has 1 aromatic carbocycles. The van der Waals surface area contributed by atoms with E-state index in [-0.39, 0.29) is 17.8 Å². The fourth-order valence-corrected chi connectivity index (χ4v) is 3.59. The number of aromatic amines is 1. The average molecular weight is 492 g/mol. The molecule has 1 N–H and O–H groups in total. The zero-order valence-electron chi connectivity index (χ0n) is 18.6. The van der Waals surface area contributed by atoms with E-state index in [1.165, 1.54) is 27.7 Å². The van der Waals surface area contributed by atoms with Crippen molar-refractivity contribution >= 4 is 12.1 Å². The summed E-state index contributed by atoms with van der Waals surface area (Å²) >= 11 is 0. The highest BCUT2D eigenvalue weighted by Crippen LogP contribution is 2.39. The van der Waals surface area contributed by atoms with E-state index in [1.54, 1.807) is 0 Å². The predicted molar refractivity (Wildman–Crippen MR) is 107 cm³/mol. The van der Waals surface area contributed by atoms with Crippen molar-refractivity contribution in [3.8, 4) is 0 Å². The van der Waals surface area contributed by atoms with Crippen LogP contribution in [0.2, 0.25) is 0 Å². The molecule has 0 saturated carbocycles. The van der Waals surface area contributed by atoms with E-state index >= 15 is 0 Å². The summed E-state index contributed by atoms with van der Waals surface area (Å²) in [5.74, 6) is -1.16. The second-order valence-corrected chi connectivity index (χ2v) is 8.85. The Bertz CT molecular complexity index is 1080. The lowest BCUT2D eigenvalue weighted by Gasteiger charge is -2.20. The molecular weight excluding hydrogens is 470 g/mol. The molecule has 1 unspecified atom stereocenters. The number of halogens is 6. The normalized spacial score (nSPS) is 17.2. The van der Waals surface area contributed by atoms with Crippen molar-refractivity contribution in [2.24, 2.45) is 0 Å². The van der Waals surface area contributed by atoms with E-state index in [2.05, 4.69) is 4.98 Å². The summed E-state index contributed by atoms with van der Waals surface area (Å²) in [5, 5.41) is 0. The number of carbonyl (C=O) groups is 2. The van der Waals surface area contributed by atoms with Gasteiger partial charge in [-0.3, -0.25) is 4.90 Å². The minimum Gasteiger partial charge on any atom is -0.456 e. The van der Waals surface area contributed by atoms with E-state index in [4.69, 9.17) is 9.47 Å². The molecule has 186 valence electrons. The largest absolute Gasteiger partial charge is 0.456 e. The van der Waals surface area contributed by atoms with Crippen LogP contribution in [0, 0.1) is 6.92 Å². The Morgan fingerprint density at radius 2 is 1.68 bits per heavy atom. The van der Waals surface area contributed by atoms with E-state index in [1.807, 2.05) is 0 Å². The van der Waals surface area contributed by atoms with Crippen LogP contribution in [0.3, 0.4) is 0 Å². The number of cyclic esters (lactones) is 1. The molecule has 1 fully saturated rings. The first kappa shape index (κ1) is 25.4. The molecule has 6 nitrogen and oxygen atoms in total. The number of nitrogens with zero attached hydrogens (tertiary/aromatic N) is 1. The number of H-pyrrole nitrogens is 1. The molecule has 0 radical (unpaired) electrons. The molecule has 0 bridgehead atoms. The average Bonchev–Trinajstić information content (AvgIpc) is 3.19. The third-order valence-electron chi connectivity index (χ3n) is 5.00. The molecule has 1 aliphatic rings. The number of nitrogens with one attached hydrogen (secondary N) is 1. The first-order valence-electron chi connectivity index (χ1n) is 10.1. The number of rotatable bonds is 4. The summed E-state index contributed by atoms with van der Waals surface area (Å²) in [5.41, 5.74) is -4.09. The molecule has 12 heteroatoms. The number of aromatic nitrogens is 1. The summed E-state index contributed by atoms with van der Waals surface area (Å²) in [4.78, 5) is 28.3. The maximum absolute atomic E-state index is 13.9. The van der Waals surface area contributed by atoms with Crippen LogP contribution in [0.4, 0.5) is 31.1 Å². The van der Waals surface area contributed by atoms with Crippen molar-refractivity contribution in [2.75, 3.05) is 6.54 Å². The van der Waals surface area contributed by atoms with Crippen LogP contribution in [0.1, 0.15) is 65.3 Å². The van der Waals surface area contributed by atoms with Crippen molar-refractivity contribution in [3.63, 3.8) is 0 Å². The predicted octanol–water partition coefficient (Wildman–Crippen LogP) is 6.01. The standard InChI is InChI=1S/C22H22F6N2O4/c1-11-16(18(31)34-20(2,3)4)17(22(26,27)28)14(29-11)9-30-10-15(33-19(30)32)12-5-7-13(8-6-12)21(23,24)25/h5-8,15,29H,9-10H2,1-4H3. The van der Waals surface area contributed by atoms with E-state index in [0.717, 1.165) is 29.2 Å². The van der Waals surface area contributed by atoms with Crippen molar-refractivity contribution in [2.45, 2.75) is 58.3 Å². The van der Waals surface area contributed by atoms with E-state index < -0.39 is 65.0 Å². The van der Waals surface area contributed by atoms with Crippen molar-refractivity contribution in [1.29, 1.82) is 0 Å². The second-order valence-electron chi connectivity index (χ2n) is 8.85. The first-order chi connectivity index (χ1) is 15.5. The highest BCUT2D eigenvalue weighted by Gasteiger charge is 2.43. The number of aryl methyl sites for hydroxylation is 1. The molecule has 2 aromatic rings. The number of carbonyl (C=O) groups excluding carboxylic acids is 2. The van der Waals surface area contributed by atoms with Gasteiger partial charge in [0.1, 0.15) is 11.7 Å². The van der Waals surface area contributed by atoms with Gasteiger partial charge in [0.2, 0.25) is 0 Å². The van der Waals surface area contributed by atoms with Crippen LogP contribution in [-0.4, -0.2) is 34.1 Å². The molecule has 1 aliphatic heterocycles. The topological polar surface area (TPSA) is 71.6 Å². The lowest BCUT2D eigenvalue weighted by molar-refractivity contribution is -0.139. The Hall–Kier alpha value is -3.18. The highest BCUT2D eigenvalue weighted by atomic mass is 19.4. The molecular formula is C22H22F6N2O4. The lowest BCUT2D eigenvalue weighted by Crippen LogP contribution is -2.27. The van der Waals surface area contributed by atoms with Crippen molar-refractivity contribution in [3.05, 3.63) is 57.9 Å². The Labute approximate surface area is 190 Å². The molecule has 1 amide bonds. The highest BCUT2D eigenvalue weighted by molar-refractivity contribution is 5.93. The maximum Gasteiger partial charge on any atom is 0.419 e. The number of esters is 1. The number of hydrogen-bond donors (Lipinski definition) is 1. The quantitative estimate of drug-likeness (QED) is 0.419. The molecule has 2 heterocycles. The summed E-state index contributed by atoms with van der Waals surface area (Å²) < 4.78 is 90.3. The second kappa shape index (κ2) is 8.55. The maximum atomic E-state index is 13.9. The van der Waals surface area contributed by atoms with E-state index in [0.29, 0.717) is 0 Å². The van der Waals surface area contributed by atoms with Gasteiger partial charge < -0.3 is 14.5 Å². The van der Waals surface area contributed by atoms with E-state index in [9.17, 15) is 35.9 Å². The van der Waals surface area contributed by atoms with Gasteiger partial charge in [0.05, 0.1) is 29.8 Å². The van der Waals surface area contributed by atoms with Crippen LogP contribution < -0.4 is 0 Å². The fourth-order valence-electron chi connectivity index (χ4n) is 3.59. The van der Waals surface area contributed by atoms with Gasteiger partial charge in [0.25, 0.3) is 0 Å². The first-order valence-corrected chi connectivity index (χ1v) is 10.1. The van der Waals surface area contributed by atoms with Gasteiger partial charge in [-0.2, -0.15) is 26.3 Å². The van der Waals surface area contributed by atoms with Crippen LogP contribution >= 0.6 is 0 Å². The zero-order valence-corrected chi connectivity index (χ0v) is 18.6. The molecule has 3 rings (SSSR count). The third-order valence-corrected chi connectivity index (χ3v) is 5.00. The lowest BCUT2D eigenvalue weighted by atomic mass is 10.1. The Morgan fingerprint density at radius 3 is 2.18 bits per heavy atom. The van der Waals surface area contributed by atoms with Crippen LogP contribution in [-0.2, 0) is 28.4 Å². The van der Waals surface area contributed by atoms with Gasteiger partial charge in [0.15, 0.2) is 0 Å². The minimum absolute atomic E-state index is 0.0802. The van der Waals surface area contributed by atoms with Crippen molar-refractivity contribution in [1.82, 2.24) is 9.88 Å². The smallest absolute Gasteiger partial charge is 0.419 e. The fraction of sp³-hybridized carbons (Fsp3) is 0.455. The SMILES string of the molecule is Cc1[nH]c(CN2CC(c3ccc(C(F)(F)F)cc3)OC2=O)c(C(F)(F)F)c1C(=O)OC(C)(C)C. The molecule has 0 spiro atoms. The number of amides is 1. The number of benzene rings is 1. The van der Waals surface area contributed by atoms with Crippen molar-refractivity contribution < 1.29 is 45.4 Å². The number of hydrogen-bond acceptors (Lipinski definition) is 4. The Morgan fingerprint density at radius 1 is 1.09 bits per heavy atom. The zero-order chi connectivity index (χ0) is 25.6. The van der Waals surface area contributed by atoms with Gasteiger partial charge in [-0.25, -0.2) is 9.59 Å². The Kier molecular flexibility index (Phi) is 6.40. The number of ether oxygens (including phenoxy) is 2. The summed E-state index contributed by atoms with van der Waals surface area (Å²) in [6.07, 6.45) is -11.4.